The highest BCUT2D eigenvalue weighted by atomic mass is 16.2. The van der Waals surface area contributed by atoms with Crippen molar-refractivity contribution >= 4 is 17.7 Å². The van der Waals surface area contributed by atoms with Crippen molar-refractivity contribution in [3.05, 3.63) is 29.6 Å². The van der Waals surface area contributed by atoms with Gasteiger partial charge in [0.2, 0.25) is 11.8 Å². The number of nitrogens with zero attached hydrogens (tertiary/aromatic N) is 3. The van der Waals surface area contributed by atoms with Crippen LogP contribution in [0.15, 0.2) is 18.2 Å². The van der Waals surface area contributed by atoms with Gasteiger partial charge >= 0.3 is 0 Å². The summed E-state index contributed by atoms with van der Waals surface area (Å²) in [5, 5.41) is 6.00. The Balaban J connectivity index is 1.69. The van der Waals surface area contributed by atoms with Gasteiger partial charge in [-0.3, -0.25) is 14.4 Å². The van der Waals surface area contributed by atoms with Crippen LogP contribution < -0.4 is 10.6 Å². The molecule has 0 aromatic carbocycles. The first-order valence-electron chi connectivity index (χ1n) is 12.5. The number of aromatic nitrogens is 1. The summed E-state index contributed by atoms with van der Waals surface area (Å²) in [6.45, 7) is 12.6. The van der Waals surface area contributed by atoms with Crippen LogP contribution in [-0.4, -0.2) is 76.3 Å². The zero-order chi connectivity index (χ0) is 25.2. The molecule has 8 heteroatoms. The summed E-state index contributed by atoms with van der Waals surface area (Å²) in [5.41, 5.74) is 0.991. The normalized spacial score (nSPS) is 25.7. The van der Waals surface area contributed by atoms with Gasteiger partial charge in [0.15, 0.2) is 0 Å². The van der Waals surface area contributed by atoms with Gasteiger partial charge in [-0.15, -0.1) is 0 Å². The highest BCUT2D eigenvalue weighted by molar-refractivity contribution is 5.96. The van der Waals surface area contributed by atoms with Crippen LogP contribution in [0.1, 0.15) is 83.4 Å². The van der Waals surface area contributed by atoms with Gasteiger partial charge in [0.1, 0.15) is 11.7 Å². The molecule has 2 aliphatic rings. The van der Waals surface area contributed by atoms with Gasteiger partial charge in [0.05, 0.1) is 12.1 Å². The van der Waals surface area contributed by atoms with Crippen molar-refractivity contribution in [2.75, 3.05) is 13.6 Å². The van der Waals surface area contributed by atoms with Crippen molar-refractivity contribution in [1.29, 1.82) is 0 Å². The fourth-order valence-corrected chi connectivity index (χ4v) is 5.09. The van der Waals surface area contributed by atoms with Gasteiger partial charge in [-0.1, -0.05) is 26.8 Å². The van der Waals surface area contributed by atoms with Crippen molar-refractivity contribution in [2.24, 2.45) is 0 Å². The molecular weight excluding hydrogens is 430 g/mol. The number of hydrogen-bond donors (Lipinski definition) is 2. The summed E-state index contributed by atoms with van der Waals surface area (Å²) < 4.78 is 0. The predicted molar refractivity (Wildman–Crippen MR) is 132 cm³/mol. The number of rotatable bonds is 6. The molecule has 1 aliphatic carbocycles. The minimum Gasteiger partial charge on any atom is -0.351 e. The molecule has 2 heterocycles. The minimum absolute atomic E-state index is 0.0579. The smallest absolute Gasteiger partial charge is 0.270 e. The third kappa shape index (κ3) is 5.95. The highest BCUT2D eigenvalue weighted by Crippen LogP contribution is 2.30. The van der Waals surface area contributed by atoms with Gasteiger partial charge in [-0.2, -0.15) is 0 Å². The predicted octanol–water partition coefficient (Wildman–Crippen LogP) is 2.48. The van der Waals surface area contributed by atoms with Crippen LogP contribution in [0.4, 0.5) is 0 Å². The first-order valence-corrected chi connectivity index (χ1v) is 12.5. The van der Waals surface area contributed by atoms with E-state index >= 15 is 0 Å². The van der Waals surface area contributed by atoms with Gasteiger partial charge < -0.3 is 20.4 Å². The van der Waals surface area contributed by atoms with E-state index in [4.69, 9.17) is 0 Å². The van der Waals surface area contributed by atoms with E-state index in [9.17, 15) is 14.4 Å². The molecule has 0 spiro atoms. The molecule has 3 rings (SSSR count). The summed E-state index contributed by atoms with van der Waals surface area (Å²) >= 11 is 0. The quantitative estimate of drug-likeness (QED) is 0.665. The topological polar surface area (TPSA) is 94.6 Å². The van der Waals surface area contributed by atoms with Crippen LogP contribution >= 0.6 is 0 Å². The molecule has 1 aromatic heterocycles. The summed E-state index contributed by atoms with van der Waals surface area (Å²) in [6.07, 6.45) is 3.17. The molecule has 2 fully saturated rings. The third-order valence-electron chi connectivity index (χ3n) is 7.26. The molecule has 0 unspecified atom stereocenters. The van der Waals surface area contributed by atoms with Crippen molar-refractivity contribution in [2.45, 2.75) is 103 Å². The summed E-state index contributed by atoms with van der Waals surface area (Å²) in [7, 11) is 2.12. The highest BCUT2D eigenvalue weighted by Gasteiger charge is 2.43. The number of amides is 3. The van der Waals surface area contributed by atoms with Crippen LogP contribution in [-0.2, 0) is 15.0 Å². The van der Waals surface area contributed by atoms with Gasteiger partial charge in [0, 0.05) is 36.7 Å². The number of pyridine rings is 1. The zero-order valence-electron chi connectivity index (χ0n) is 21.7. The maximum Gasteiger partial charge on any atom is 0.270 e. The lowest BCUT2D eigenvalue weighted by Gasteiger charge is -2.44. The lowest BCUT2D eigenvalue weighted by molar-refractivity contribution is -0.133. The molecule has 1 saturated carbocycles. The number of carbonyl (C=O) groups is 3. The molecule has 2 N–H and O–H groups in total. The molecule has 8 nitrogen and oxygen atoms in total. The Labute approximate surface area is 203 Å². The Morgan fingerprint density at radius 3 is 2.47 bits per heavy atom. The Hall–Kier alpha value is -2.48. The molecule has 1 saturated heterocycles. The average Bonchev–Trinajstić information content (AvgIpc) is 3.12. The largest absolute Gasteiger partial charge is 0.351 e. The standard InChI is InChI=1S/C26H41N5O3/c1-16(2)30(7)18-11-12-22(21(15-18)27-17(3)32)31-14-13-20(25(31)34)29-24(33)19-9-8-10-23(28-19)26(4,5)6/h8-10,16,18,20-22H,11-15H2,1-7H3,(H,27,32)(H,29,33)/t18-,20+,21-,22+/m1/s1. The van der Waals surface area contributed by atoms with E-state index in [1.54, 1.807) is 6.07 Å². The second kappa shape index (κ2) is 10.4. The fraction of sp³-hybridized carbons (Fsp3) is 0.692. The average molecular weight is 472 g/mol. The zero-order valence-corrected chi connectivity index (χ0v) is 21.7. The minimum atomic E-state index is -0.568. The van der Waals surface area contributed by atoms with Crippen molar-refractivity contribution < 1.29 is 14.4 Å². The second-order valence-corrected chi connectivity index (χ2v) is 11.1. The molecule has 3 amide bonds. The molecule has 0 bridgehead atoms. The Morgan fingerprint density at radius 1 is 1.15 bits per heavy atom. The lowest BCUT2D eigenvalue weighted by atomic mass is 9.84. The van der Waals surface area contributed by atoms with Crippen molar-refractivity contribution in [3.8, 4) is 0 Å². The molecule has 1 aromatic rings. The van der Waals surface area contributed by atoms with E-state index in [1.165, 1.54) is 6.92 Å². The van der Waals surface area contributed by atoms with Crippen LogP contribution in [0, 0.1) is 0 Å². The Bertz CT molecular complexity index is 910. The van der Waals surface area contributed by atoms with Crippen LogP contribution in [0.2, 0.25) is 0 Å². The number of hydrogen-bond acceptors (Lipinski definition) is 5. The van der Waals surface area contributed by atoms with E-state index in [0.29, 0.717) is 30.7 Å². The van der Waals surface area contributed by atoms with Crippen molar-refractivity contribution in [3.63, 3.8) is 0 Å². The van der Waals surface area contributed by atoms with Gasteiger partial charge in [0.25, 0.3) is 5.91 Å². The monoisotopic (exact) mass is 471 g/mol. The molecule has 1 aliphatic heterocycles. The van der Waals surface area contributed by atoms with E-state index in [1.807, 2.05) is 17.0 Å². The Kier molecular flexibility index (Phi) is 8.01. The Morgan fingerprint density at radius 2 is 1.85 bits per heavy atom. The lowest BCUT2D eigenvalue weighted by Crippen LogP contribution is -2.58. The summed E-state index contributed by atoms with van der Waals surface area (Å²) in [6, 6.07) is 5.48. The van der Waals surface area contributed by atoms with Crippen LogP contribution in [0.3, 0.4) is 0 Å². The maximum atomic E-state index is 13.3. The fourth-order valence-electron chi connectivity index (χ4n) is 5.09. The maximum absolute atomic E-state index is 13.3. The van der Waals surface area contributed by atoms with Gasteiger partial charge in [-0.05, 0) is 58.7 Å². The number of likely N-dealkylation sites (tertiary alicyclic amines) is 1. The van der Waals surface area contributed by atoms with Crippen LogP contribution in [0.25, 0.3) is 0 Å². The van der Waals surface area contributed by atoms with Crippen LogP contribution in [0.5, 0.6) is 0 Å². The molecule has 0 radical (unpaired) electrons. The third-order valence-corrected chi connectivity index (χ3v) is 7.26. The SMILES string of the molecule is CC(=O)N[C@@H]1C[C@H](N(C)C(C)C)CC[C@@H]1N1CC[C@H](NC(=O)c2cccc(C(C)(C)C)n2)C1=O. The first kappa shape index (κ1) is 26.1. The molecule has 34 heavy (non-hydrogen) atoms. The first-order chi connectivity index (χ1) is 15.9. The van der Waals surface area contributed by atoms with E-state index in [-0.39, 0.29) is 35.2 Å². The molecular formula is C26H41N5O3. The second-order valence-electron chi connectivity index (χ2n) is 11.1. The van der Waals surface area contributed by atoms with E-state index in [0.717, 1.165) is 25.0 Å². The van der Waals surface area contributed by atoms with E-state index < -0.39 is 6.04 Å². The number of carbonyl (C=O) groups excluding carboxylic acids is 3. The number of nitrogens with one attached hydrogen (secondary N) is 2. The molecule has 188 valence electrons. The van der Waals surface area contributed by atoms with Crippen molar-refractivity contribution in [1.82, 2.24) is 25.4 Å². The summed E-state index contributed by atoms with van der Waals surface area (Å²) in [5.74, 6) is -0.479. The summed E-state index contributed by atoms with van der Waals surface area (Å²) in [4.78, 5) is 46.9. The molecule has 4 atom stereocenters. The van der Waals surface area contributed by atoms with Gasteiger partial charge in [-0.25, -0.2) is 4.98 Å². The van der Waals surface area contributed by atoms with E-state index in [2.05, 4.69) is 62.2 Å².